The van der Waals surface area contributed by atoms with Gasteiger partial charge in [0.15, 0.2) is 0 Å². The monoisotopic (exact) mass is 185 g/mol. The van der Waals surface area contributed by atoms with Crippen molar-refractivity contribution in [3.63, 3.8) is 0 Å². The van der Waals surface area contributed by atoms with Crippen LogP contribution in [0.3, 0.4) is 0 Å². The first kappa shape index (κ1) is 12.1. The van der Waals surface area contributed by atoms with Gasteiger partial charge in [0, 0.05) is 25.8 Å². The Bertz CT molecular complexity index is 176. The summed E-state index contributed by atoms with van der Waals surface area (Å²) in [6, 6.07) is 0. The minimum atomic E-state index is -0.00446. The molecule has 0 spiro atoms. The number of hydrogen-bond donors (Lipinski definition) is 1. The Balaban J connectivity index is 3.26. The zero-order valence-corrected chi connectivity index (χ0v) is 8.72. The summed E-state index contributed by atoms with van der Waals surface area (Å²) < 4.78 is 0. The Morgan fingerprint density at radius 3 is 2.31 bits per heavy atom. The average molecular weight is 185 g/mol. The molecule has 0 aliphatic heterocycles. The molecule has 0 aliphatic carbocycles. The van der Waals surface area contributed by atoms with Gasteiger partial charge in [-0.25, -0.2) is 0 Å². The van der Waals surface area contributed by atoms with Gasteiger partial charge >= 0.3 is 0 Å². The first-order valence-electron chi connectivity index (χ1n) is 4.81. The molecular weight excluding hydrogens is 166 g/mol. The number of carbonyl (C=O) groups is 2. The Morgan fingerprint density at radius 2 is 1.85 bits per heavy atom. The van der Waals surface area contributed by atoms with Crippen molar-refractivity contribution < 1.29 is 9.59 Å². The predicted molar refractivity (Wildman–Crippen MR) is 52.4 cm³/mol. The minimum Gasteiger partial charge on any atom is -0.356 e. The molecule has 0 aromatic rings. The van der Waals surface area contributed by atoms with E-state index in [9.17, 15) is 9.59 Å². The molecule has 0 aliphatic rings. The number of carbonyl (C=O) groups excluding carboxylic acids is 2. The van der Waals surface area contributed by atoms with Gasteiger partial charge in [-0.05, 0) is 12.8 Å². The van der Waals surface area contributed by atoms with E-state index in [0.717, 1.165) is 12.8 Å². The molecule has 0 aromatic carbocycles. The Kier molecular flexibility index (Phi) is 6.20. The second-order valence-electron chi connectivity index (χ2n) is 3.56. The summed E-state index contributed by atoms with van der Waals surface area (Å²) in [5.41, 5.74) is 0. The van der Waals surface area contributed by atoms with Gasteiger partial charge in [0.2, 0.25) is 5.91 Å². The maximum atomic E-state index is 11.2. The number of hydrogen-bond acceptors (Lipinski definition) is 2. The van der Waals surface area contributed by atoms with Crippen molar-refractivity contribution in [1.29, 1.82) is 0 Å². The number of unbranched alkanes of at least 4 members (excludes halogenated alkanes) is 1. The summed E-state index contributed by atoms with van der Waals surface area (Å²) >= 11 is 0. The average Bonchev–Trinajstić information content (AvgIpc) is 2.02. The molecule has 0 bridgehead atoms. The van der Waals surface area contributed by atoms with E-state index in [1.165, 1.54) is 6.92 Å². The summed E-state index contributed by atoms with van der Waals surface area (Å²) in [5, 5.41) is 2.70. The van der Waals surface area contributed by atoms with Crippen LogP contribution < -0.4 is 5.32 Å². The van der Waals surface area contributed by atoms with E-state index in [0.29, 0.717) is 18.7 Å². The first-order valence-corrected chi connectivity index (χ1v) is 4.81. The number of amides is 1. The van der Waals surface area contributed by atoms with Gasteiger partial charge in [-0.15, -0.1) is 0 Å². The number of nitrogens with one attached hydrogen (secondary N) is 1. The lowest BCUT2D eigenvalue weighted by Gasteiger charge is -2.04. The fourth-order valence-corrected chi connectivity index (χ4v) is 0.977. The Hall–Kier alpha value is -0.860. The molecule has 0 heterocycles. The van der Waals surface area contributed by atoms with Crippen LogP contribution in [0.15, 0.2) is 0 Å². The van der Waals surface area contributed by atoms with Crippen molar-refractivity contribution >= 4 is 11.7 Å². The minimum absolute atomic E-state index is 0.00446. The zero-order valence-electron chi connectivity index (χ0n) is 8.72. The molecule has 76 valence electrons. The summed E-state index contributed by atoms with van der Waals surface area (Å²) in [6.45, 7) is 6.01. The van der Waals surface area contributed by atoms with E-state index in [1.54, 1.807) is 0 Å². The normalized spacial score (nSPS) is 10.2. The van der Waals surface area contributed by atoms with Gasteiger partial charge in [0.1, 0.15) is 5.78 Å². The van der Waals surface area contributed by atoms with E-state index in [-0.39, 0.29) is 11.8 Å². The van der Waals surface area contributed by atoms with Crippen molar-refractivity contribution in [3.05, 3.63) is 0 Å². The molecule has 0 aromatic heterocycles. The van der Waals surface area contributed by atoms with Gasteiger partial charge in [0.05, 0.1) is 0 Å². The molecule has 3 heteroatoms. The van der Waals surface area contributed by atoms with E-state index >= 15 is 0 Å². The summed E-state index contributed by atoms with van der Waals surface area (Å²) in [5.74, 6) is 0.443. The van der Waals surface area contributed by atoms with Crippen molar-refractivity contribution in [2.45, 2.75) is 40.0 Å². The van der Waals surface area contributed by atoms with Crippen LogP contribution in [0.25, 0.3) is 0 Å². The lowest BCUT2D eigenvalue weighted by Crippen LogP contribution is -2.21. The molecule has 0 unspecified atom stereocenters. The summed E-state index contributed by atoms with van der Waals surface area (Å²) in [4.78, 5) is 21.6. The van der Waals surface area contributed by atoms with Crippen LogP contribution in [0, 0.1) is 5.92 Å². The van der Waals surface area contributed by atoms with Crippen LogP contribution in [-0.2, 0) is 9.59 Å². The van der Waals surface area contributed by atoms with Crippen molar-refractivity contribution in [2.75, 3.05) is 6.54 Å². The third-order valence-electron chi connectivity index (χ3n) is 1.87. The number of rotatable bonds is 6. The molecule has 0 atom stereocenters. The third kappa shape index (κ3) is 7.50. The highest BCUT2D eigenvalue weighted by atomic mass is 16.1. The summed E-state index contributed by atoms with van der Waals surface area (Å²) in [7, 11) is 0. The fourth-order valence-electron chi connectivity index (χ4n) is 0.977. The van der Waals surface area contributed by atoms with Crippen LogP contribution in [0.4, 0.5) is 0 Å². The highest BCUT2D eigenvalue weighted by Gasteiger charge is 2.05. The van der Waals surface area contributed by atoms with Gasteiger partial charge in [-0.3, -0.25) is 9.59 Å². The van der Waals surface area contributed by atoms with Crippen molar-refractivity contribution in [1.82, 2.24) is 5.32 Å². The van der Waals surface area contributed by atoms with E-state index < -0.39 is 0 Å². The van der Waals surface area contributed by atoms with Gasteiger partial charge < -0.3 is 5.32 Å². The highest BCUT2D eigenvalue weighted by molar-refractivity contribution is 5.80. The second-order valence-corrected chi connectivity index (χ2v) is 3.56. The summed E-state index contributed by atoms with van der Waals surface area (Å²) in [6.07, 6.45) is 2.40. The van der Waals surface area contributed by atoms with E-state index in [4.69, 9.17) is 0 Å². The van der Waals surface area contributed by atoms with Crippen LogP contribution >= 0.6 is 0 Å². The molecule has 0 radical (unpaired) electrons. The zero-order chi connectivity index (χ0) is 10.3. The molecule has 0 rings (SSSR count). The molecular formula is C10H19NO2. The maximum Gasteiger partial charge on any atom is 0.216 e. The molecule has 13 heavy (non-hydrogen) atoms. The van der Waals surface area contributed by atoms with Crippen molar-refractivity contribution in [2.24, 2.45) is 5.92 Å². The maximum absolute atomic E-state index is 11.2. The lowest BCUT2D eigenvalue weighted by molar-refractivity contribution is -0.122. The number of Topliss-reactive ketones (excluding diaryl/α,β-unsaturated/α-hetero) is 1. The molecule has 0 fully saturated rings. The van der Waals surface area contributed by atoms with Crippen LogP contribution in [0.5, 0.6) is 0 Å². The van der Waals surface area contributed by atoms with Crippen molar-refractivity contribution in [3.8, 4) is 0 Å². The number of ketones is 1. The van der Waals surface area contributed by atoms with Crippen LogP contribution in [-0.4, -0.2) is 18.2 Å². The van der Waals surface area contributed by atoms with Gasteiger partial charge in [-0.1, -0.05) is 13.8 Å². The first-order chi connectivity index (χ1) is 6.04. The molecule has 3 nitrogen and oxygen atoms in total. The third-order valence-corrected chi connectivity index (χ3v) is 1.87. The van der Waals surface area contributed by atoms with Gasteiger partial charge in [-0.2, -0.15) is 0 Å². The SMILES string of the molecule is CC(=O)NCCCCC(=O)C(C)C. The topological polar surface area (TPSA) is 46.2 Å². The Labute approximate surface area is 79.9 Å². The van der Waals surface area contributed by atoms with Crippen LogP contribution in [0.1, 0.15) is 40.0 Å². The fraction of sp³-hybridized carbons (Fsp3) is 0.800. The quantitative estimate of drug-likeness (QED) is 0.638. The standard InChI is InChI=1S/C10H19NO2/c1-8(2)10(13)6-4-5-7-11-9(3)12/h8H,4-7H2,1-3H3,(H,11,12). The Morgan fingerprint density at radius 1 is 1.23 bits per heavy atom. The molecule has 0 saturated heterocycles. The lowest BCUT2D eigenvalue weighted by atomic mass is 10.0. The van der Waals surface area contributed by atoms with E-state index in [2.05, 4.69) is 5.32 Å². The predicted octanol–water partition coefficient (Wildman–Crippen LogP) is 1.52. The molecule has 1 amide bonds. The van der Waals surface area contributed by atoms with Gasteiger partial charge in [0.25, 0.3) is 0 Å². The molecule has 0 saturated carbocycles. The van der Waals surface area contributed by atoms with E-state index in [1.807, 2.05) is 13.8 Å². The molecule has 1 N–H and O–H groups in total. The highest BCUT2D eigenvalue weighted by Crippen LogP contribution is 2.03. The smallest absolute Gasteiger partial charge is 0.216 e. The largest absolute Gasteiger partial charge is 0.356 e. The second kappa shape index (κ2) is 6.63. The van der Waals surface area contributed by atoms with Crippen LogP contribution in [0.2, 0.25) is 0 Å².